The molecular formula is C16H25N. The van der Waals surface area contributed by atoms with Crippen molar-refractivity contribution in [2.24, 2.45) is 0 Å². The van der Waals surface area contributed by atoms with Crippen molar-refractivity contribution in [2.45, 2.75) is 32.6 Å². The van der Waals surface area contributed by atoms with Crippen molar-refractivity contribution in [3.63, 3.8) is 0 Å². The molecule has 1 nitrogen and oxygen atoms in total. The van der Waals surface area contributed by atoms with Crippen LogP contribution in [0.25, 0.3) is 0 Å². The summed E-state index contributed by atoms with van der Waals surface area (Å²) >= 11 is 0. The van der Waals surface area contributed by atoms with Crippen molar-refractivity contribution in [3.8, 4) is 0 Å². The molecule has 1 heterocycles. The third-order valence-electron chi connectivity index (χ3n) is 3.11. The lowest BCUT2D eigenvalue weighted by Gasteiger charge is -2.20. The van der Waals surface area contributed by atoms with Crippen LogP contribution in [0, 0.1) is 0 Å². The minimum absolute atomic E-state index is 1.03. The van der Waals surface area contributed by atoms with Gasteiger partial charge in [-0.3, -0.25) is 4.90 Å². The average molecular weight is 231 g/mol. The van der Waals surface area contributed by atoms with Crippen LogP contribution < -0.4 is 0 Å². The van der Waals surface area contributed by atoms with E-state index < -0.39 is 0 Å². The van der Waals surface area contributed by atoms with E-state index in [1.165, 1.54) is 31.5 Å². The van der Waals surface area contributed by atoms with Crippen molar-refractivity contribution in [1.82, 2.24) is 4.90 Å². The monoisotopic (exact) mass is 231 g/mol. The largest absolute Gasteiger partial charge is 0.299 e. The van der Waals surface area contributed by atoms with Crippen molar-refractivity contribution >= 4 is 0 Å². The maximum absolute atomic E-state index is 3.93. The smallest absolute Gasteiger partial charge is 0.0190 e. The van der Waals surface area contributed by atoms with Crippen molar-refractivity contribution < 1.29 is 0 Å². The van der Waals surface area contributed by atoms with E-state index in [1.54, 1.807) is 0 Å². The van der Waals surface area contributed by atoms with Gasteiger partial charge in [-0.2, -0.15) is 0 Å². The highest BCUT2D eigenvalue weighted by Gasteiger charge is 2.05. The molecule has 0 saturated heterocycles. The molecule has 0 aromatic rings. The summed E-state index contributed by atoms with van der Waals surface area (Å²) in [4.78, 5) is 2.54. The van der Waals surface area contributed by atoms with Gasteiger partial charge in [-0.1, -0.05) is 48.6 Å². The lowest BCUT2D eigenvalue weighted by molar-refractivity contribution is 0.313. The molecule has 17 heavy (non-hydrogen) atoms. The SMILES string of the molecule is C=CC(=C)CC/C=C(/C)CN1CCC=CCC1. The lowest BCUT2D eigenvalue weighted by Crippen LogP contribution is -2.26. The molecule has 0 spiro atoms. The Hall–Kier alpha value is -1.08. The van der Waals surface area contributed by atoms with Gasteiger partial charge in [0.25, 0.3) is 0 Å². The third kappa shape index (κ3) is 6.28. The highest BCUT2D eigenvalue weighted by atomic mass is 15.1. The van der Waals surface area contributed by atoms with E-state index in [4.69, 9.17) is 0 Å². The number of allylic oxidation sites excluding steroid dienone is 3. The molecule has 0 fully saturated rings. The number of hydrogen-bond donors (Lipinski definition) is 0. The summed E-state index contributed by atoms with van der Waals surface area (Å²) in [5, 5.41) is 0. The van der Waals surface area contributed by atoms with E-state index >= 15 is 0 Å². The second-order valence-electron chi connectivity index (χ2n) is 4.78. The van der Waals surface area contributed by atoms with Crippen molar-refractivity contribution in [2.75, 3.05) is 19.6 Å². The van der Waals surface area contributed by atoms with Gasteiger partial charge in [0, 0.05) is 19.6 Å². The van der Waals surface area contributed by atoms with Gasteiger partial charge in [0.15, 0.2) is 0 Å². The number of hydrogen-bond acceptors (Lipinski definition) is 1. The Labute approximate surface area is 106 Å². The topological polar surface area (TPSA) is 3.24 Å². The van der Waals surface area contributed by atoms with Gasteiger partial charge in [0.05, 0.1) is 0 Å². The fraction of sp³-hybridized carbons (Fsp3) is 0.500. The van der Waals surface area contributed by atoms with Crippen LogP contribution >= 0.6 is 0 Å². The molecule has 94 valence electrons. The zero-order valence-electron chi connectivity index (χ0n) is 11.1. The molecule has 0 aliphatic carbocycles. The summed E-state index contributed by atoms with van der Waals surface area (Å²) in [5.41, 5.74) is 2.61. The highest BCUT2D eigenvalue weighted by Crippen LogP contribution is 2.09. The molecular weight excluding hydrogens is 206 g/mol. The maximum Gasteiger partial charge on any atom is 0.0190 e. The van der Waals surface area contributed by atoms with Crippen LogP contribution in [0.3, 0.4) is 0 Å². The Morgan fingerprint density at radius 3 is 2.53 bits per heavy atom. The van der Waals surface area contributed by atoms with E-state index in [0.29, 0.717) is 0 Å². The fourth-order valence-corrected chi connectivity index (χ4v) is 2.04. The van der Waals surface area contributed by atoms with Gasteiger partial charge in [-0.15, -0.1) is 0 Å². The first-order valence-corrected chi connectivity index (χ1v) is 6.55. The molecule has 1 heteroatoms. The Morgan fingerprint density at radius 2 is 1.94 bits per heavy atom. The standard InChI is InChI=1S/C16H25N/c1-4-15(2)10-9-11-16(3)14-17-12-7-5-6-8-13-17/h4-6,11H,1-2,7-10,12-14H2,3H3/b16-11-. The zero-order chi connectivity index (χ0) is 12.5. The molecule has 0 aromatic heterocycles. The summed E-state index contributed by atoms with van der Waals surface area (Å²) in [5.74, 6) is 0. The molecule has 0 bridgehead atoms. The zero-order valence-corrected chi connectivity index (χ0v) is 11.1. The molecule has 0 amide bonds. The predicted octanol–water partition coefficient (Wildman–Crippen LogP) is 4.11. The van der Waals surface area contributed by atoms with Crippen LogP contribution in [0.1, 0.15) is 32.6 Å². The van der Waals surface area contributed by atoms with Gasteiger partial charge in [0.1, 0.15) is 0 Å². The minimum atomic E-state index is 1.03. The van der Waals surface area contributed by atoms with Crippen LogP contribution in [0.4, 0.5) is 0 Å². The normalized spacial score (nSPS) is 17.8. The summed E-state index contributed by atoms with van der Waals surface area (Å²) < 4.78 is 0. The molecule has 0 N–H and O–H groups in total. The molecule has 0 radical (unpaired) electrons. The highest BCUT2D eigenvalue weighted by molar-refractivity contribution is 5.12. The Balaban J connectivity index is 2.27. The summed E-state index contributed by atoms with van der Waals surface area (Å²) in [6.45, 7) is 13.4. The van der Waals surface area contributed by atoms with Gasteiger partial charge >= 0.3 is 0 Å². The summed E-state index contributed by atoms with van der Waals surface area (Å²) in [6.07, 6.45) is 13.3. The van der Waals surface area contributed by atoms with Crippen LogP contribution in [0.2, 0.25) is 0 Å². The van der Waals surface area contributed by atoms with Crippen LogP contribution in [-0.4, -0.2) is 24.5 Å². The quantitative estimate of drug-likeness (QED) is 0.491. The first kappa shape index (κ1) is 14.0. The molecule has 0 aromatic carbocycles. The van der Waals surface area contributed by atoms with Crippen molar-refractivity contribution in [3.05, 3.63) is 48.6 Å². The van der Waals surface area contributed by atoms with Crippen molar-refractivity contribution in [1.29, 1.82) is 0 Å². The first-order valence-electron chi connectivity index (χ1n) is 6.55. The van der Waals surface area contributed by atoms with E-state index in [2.05, 4.69) is 43.2 Å². The second-order valence-corrected chi connectivity index (χ2v) is 4.78. The maximum atomic E-state index is 3.93. The van der Waals surface area contributed by atoms with Gasteiger partial charge < -0.3 is 0 Å². The van der Waals surface area contributed by atoms with Crippen LogP contribution in [0.5, 0.6) is 0 Å². The Morgan fingerprint density at radius 1 is 1.29 bits per heavy atom. The first-order chi connectivity index (χ1) is 8.22. The van der Waals surface area contributed by atoms with Gasteiger partial charge in [-0.05, 0) is 32.6 Å². The van der Waals surface area contributed by atoms with E-state index in [9.17, 15) is 0 Å². The lowest BCUT2D eigenvalue weighted by atomic mass is 10.1. The number of rotatable bonds is 6. The molecule has 0 unspecified atom stereocenters. The third-order valence-corrected chi connectivity index (χ3v) is 3.11. The second kappa shape index (κ2) is 8.08. The number of nitrogens with zero attached hydrogens (tertiary/aromatic N) is 1. The fourth-order valence-electron chi connectivity index (χ4n) is 2.04. The molecule has 1 aliphatic rings. The predicted molar refractivity (Wildman–Crippen MR) is 77.1 cm³/mol. The molecule has 0 saturated carbocycles. The summed E-state index contributed by atoms with van der Waals surface area (Å²) in [6, 6.07) is 0. The Kier molecular flexibility index (Phi) is 6.64. The van der Waals surface area contributed by atoms with Crippen LogP contribution in [0.15, 0.2) is 48.6 Å². The minimum Gasteiger partial charge on any atom is -0.299 e. The van der Waals surface area contributed by atoms with E-state index in [0.717, 1.165) is 25.0 Å². The van der Waals surface area contributed by atoms with Crippen LogP contribution in [-0.2, 0) is 0 Å². The van der Waals surface area contributed by atoms with E-state index in [-0.39, 0.29) is 0 Å². The van der Waals surface area contributed by atoms with Gasteiger partial charge in [-0.25, -0.2) is 0 Å². The van der Waals surface area contributed by atoms with E-state index in [1.807, 2.05) is 6.08 Å². The Bertz CT molecular complexity index is 299. The summed E-state index contributed by atoms with van der Waals surface area (Å²) in [7, 11) is 0. The average Bonchev–Trinajstić information content (AvgIpc) is 2.57. The molecule has 0 atom stereocenters. The molecule has 1 aliphatic heterocycles. The van der Waals surface area contributed by atoms with Gasteiger partial charge in [0.2, 0.25) is 0 Å². The molecule has 1 rings (SSSR count).